The third-order valence-electron chi connectivity index (χ3n) is 5.41. The van der Waals surface area contributed by atoms with E-state index in [0.717, 1.165) is 31.5 Å². The molecule has 1 aromatic carbocycles. The number of nitriles is 1. The minimum atomic E-state index is -3.52. The molecule has 7 heteroatoms. The molecule has 0 spiro atoms. The van der Waals surface area contributed by atoms with Gasteiger partial charge in [-0.25, -0.2) is 18.1 Å². The Morgan fingerprint density at radius 3 is 2.41 bits per heavy atom. The van der Waals surface area contributed by atoms with Gasteiger partial charge < -0.3 is 4.90 Å². The summed E-state index contributed by atoms with van der Waals surface area (Å²) in [6.45, 7) is 8.25. The van der Waals surface area contributed by atoms with Crippen molar-refractivity contribution in [3.63, 3.8) is 0 Å². The van der Waals surface area contributed by atoms with Crippen molar-refractivity contribution in [2.45, 2.75) is 43.9 Å². The molecule has 0 unspecified atom stereocenters. The van der Waals surface area contributed by atoms with Crippen LogP contribution in [0, 0.1) is 17.2 Å². The van der Waals surface area contributed by atoms with Crippen molar-refractivity contribution in [2.24, 2.45) is 5.92 Å². The molecule has 0 bridgehead atoms. The highest BCUT2D eigenvalue weighted by atomic mass is 32.2. The minimum Gasteiger partial charge on any atom is -0.356 e. The quantitative estimate of drug-likeness (QED) is 0.813. The predicted octanol–water partition coefficient (Wildman–Crippen LogP) is 3.45. The molecule has 29 heavy (non-hydrogen) atoms. The fourth-order valence-electron chi connectivity index (χ4n) is 3.53. The number of sulfonamides is 1. The number of benzene rings is 1. The third kappa shape index (κ3) is 5.14. The maximum atomic E-state index is 12.6. The van der Waals surface area contributed by atoms with Gasteiger partial charge in [-0.05, 0) is 54.0 Å². The molecule has 1 fully saturated rings. The summed E-state index contributed by atoms with van der Waals surface area (Å²) in [4.78, 5) is 6.75. The zero-order valence-electron chi connectivity index (χ0n) is 17.2. The van der Waals surface area contributed by atoms with Crippen LogP contribution in [-0.2, 0) is 15.4 Å². The molecule has 0 atom stereocenters. The van der Waals surface area contributed by atoms with E-state index in [0.29, 0.717) is 22.8 Å². The summed E-state index contributed by atoms with van der Waals surface area (Å²) in [5.74, 6) is 0.983. The van der Waals surface area contributed by atoms with Gasteiger partial charge in [-0.15, -0.1) is 0 Å². The monoisotopic (exact) mass is 412 g/mol. The Bertz CT molecular complexity index is 981. The lowest BCUT2D eigenvalue weighted by molar-refractivity contribution is 0.400. The Morgan fingerprint density at radius 2 is 1.83 bits per heavy atom. The molecule has 6 nitrogen and oxygen atoms in total. The summed E-state index contributed by atoms with van der Waals surface area (Å²) >= 11 is 0. The molecule has 2 heterocycles. The molecule has 2 aromatic rings. The predicted molar refractivity (Wildman–Crippen MR) is 114 cm³/mol. The van der Waals surface area contributed by atoms with Crippen molar-refractivity contribution in [3.8, 4) is 6.07 Å². The van der Waals surface area contributed by atoms with Crippen LogP contribution in [0.3, 0.4) is 0 Å². The molecule has 1 aliphatic rings. The Kier molecular flexibility index (Phi) is 6.25. The number of aromatic nitrogens is 1. The topological polar surface area (TPSA) is 86.1 Å². The fraction of sp³-hybridized carbons (Fsp3) is 0.455. The van der Waals surface area contributed by atoms with Gasteiger partial charge in [-0.3, -0.25) is 0 Å². The molecule has 1 saturated heterocycles. The molecule has 0 saturated carbocycles. The van der Waals surface area contributed by atoms with Crippen LogP contribution < -0.4 is 9.62 Å². The van der Waals surface area contributed by atoms with Crippen molar-refractivity contribution >= 4 is 15.8 Å². The summed E-state index contributed by atoms with van der Waals surface area (Å²) in [7, 11) is -3.52. The van der Waals surface area contributed by atoms with Gasteiger partial charge in [0.15, 0.2) is 0 Å². The summed E-state index contributed by atoms with van der Waals surface area (Å²) in [6.07, 6.45) is 3.40. The SMILES string of the molecule is CC(C)(C)c1ccc(S(=O)(=O)NCC2CCN(c3ncccc3C#N)CC2)cc1. The van der Waals surface area contributed by atoms with Crippen LogP contribution in [0.1, 0.15) is 44.7 Å². The van der Waals surface area contributed by atoms with Crippen LogP contribution in [0.4, 0.5) is 5.82 Å². The lowest BCUT2D eigenvalue weighted by Gasteiger charge is -2.33. The van der Waals surface area contributed by atoms with Crippen LogP contribution in [-0.4, -0.2) is 33.0 Å². The molecule has 1 aromatic heterocycles. The van der Waals surface area contributed by atoms with Crippen molar-refractivity contribution in [1.82, 2.24) is 9.71 Å². The molecule has 1 aliphatic heterocycles. The molecule has 0 aliphatic carbocycles. The number of hydrogen-bond acceptors (Lipinski definition) is 5. The number of piperidine rings is 1. The van der Waals surface area contributed by atoms with Crippen molar-refractivity contribution in [2.75, 3.05) is 24.5 Å². The summed E-state index contributed by atoms with van der Waals surface area (Å²) in [5, 5.41) is 9.25. The van der Waals surface area contributed by atoms with Crippen LogP contribution >= 0.6 is 0 Å². The first-order chi connectivity index (χ1) is 13.7. The van der Waals surface area contributed by atoms with E-state index in [-0.39, 0.29) is 11.3 Å². The minimum absolute atomic E-state index is 0.0112. The highest BCUT2D eigenvalue weighted by Gasteiger charge is 2.24. The fourth-order valence-corrected chi connectivity index (χ4v) is 4.65. The number of nitrogens with one attached hydrogen (secondary N) is 1. The molecule has 0 amide bonds. The first-order valence-corrected chi connectivity index (χ1v) is 11.4. The third-order valence-corrected chi connectivity index (χ3v) is 6.85. The highest BCUT2D eigenvalue weighted by Crippen LogP contribution is 2.25. The number of pyridine rings is 1. The lowest BCUT2D eigenvalue weighted by atomic mass is 9.87. The highest BCUT2D eigenvalue weighted by molar-refractivity contribution is 7.89. The van der Waals surface area contributed by atoms with Gasteiger partial charge in [0.05, 0.1) is 10.5 Å². The molecule has 3 rings (SSSR count). The Balaban J connectivity index is 1.56. The number of anilines is 1. The Morgan fingerprint density at radius 1 is 1.17 bits per heavy atom. The van der Waals surface area contributed by atoms with Gasteiger partial charge in [0.25, 0.3) is 0 Å². The number of rotatable bonds is 5. The second kappa shape index (κ2) is 8.52. The van der Waals surface area contributed by atoms with Crippen molar-refractivity contribution < 1.29 is 8.42 Å². The van der Waals surface area contributed by atoms with Gasteiger partial charge in [0.2, 0.25) is 10.0 Å². The van der Waals surface area contributed by atoms with E-state index < -0.39 is 10.0 Å². The standard InChI is InChI=1S/C22H28N4O2S/c1-22(2,3)19-6-8-20(9-7-19)29(27,28)25-16-17-10-13-26(14-11-17)21-18(15-23)5-4-12-24-21/h4-9,12,17,25H,10-11,13-14,16H2,1-3H3. The normalized spacial score (nSPS) is 15.9. The van der Waals surface area contributed by atoms with Crippen molar-refractivity contribution in [3.05, 3.63) is 53.7 Å². The van der Waals surface area contributed by atoms with E-state index in [9.17, 15) is 13.7 Å². The maximum absolute atomic E-state index is 12.6. The van der Waals surface area contributed by atoms with E-state index in [1.54, 1.807) is 30.5 Å². The van der Waals surface area contributed by atoms with E-state index in [4.69, 9.17) is 0 Å². The first kappa shape index (κ1) is 21.3. The smallest absolute Gasteiger partial charge is 0.240 e. The summed E-state index contributed by atoms with van der Waals surface area (Å²) in [5.41, 5.74) is 1.67. The summed E-state index contributed by atoms with van der Waals surface area (Å²) < 4.78 is 28.0. The van der Waals surface area contributed by atoms with E-state index >= 15 is 0 Å². The Labute approximate surface area is 173 Å². The Hall–Kier alpha value is -2.43. The van der Waals surface area contributed by atoms with Gasteiger partial charge in [0, 0.05) is 25.8 Å². The lowest BCUT2D eigenvalue weighted by Crippen LogP contribution is -2.39. The zero-order chi connectivity index (χ0) is 21.1. The average molecular weight is 413 g/mol. The first-order valence-electron chi connectivity index (χ1n) is 9.91. The zero-order valence-corrected chi connectivity index (χ0v) is 18.0. The summed E-state index contributed by atoms with van der Waals surface area (Å²) in [6, 6.07) is 12.8. The number of hydrogen-bond donors (Lipinski definition) is 1. The van der Waals surface area contributed by atoms with Crippen LogP contribution in [0.15, 0.2) is 47.5 Å². The van der Waals surface area contributed by atoms with Gasteiger partial charge in [0.1, 0.15) is 11.9 Å². The van der Waals surface area contributed by atoms with E-state index in [2.05, 4.69) is 41.4 Å². The van der Waals surface area contributed by atoms with Gasteiger partial charge in [-0.2, -0.15) is 5.26 Å². The number of nitrogens with zero attached hydrogens (tertiary/aromatic N) is 3. The molecule has 0 radical (unpaired) electrons. The molecule has 1 N–H and O–H groups in total. The van der Waals surface area contributed by atoms with Crippen LogP contribution in [0.2, 0.25) is 0 Å². The molecule has 154 valence electrons. The molecular formula is C22H28N4O2S. The van der Waals surface area contributed by atoms with E-state index in [1.807, 2.05) is 12.1 Å². The largest absolute Gasteiger partial charge is 0.356 e. The molecular weight excluding hydrogens is 384 g/mol. The van der Waals surface area contributed by atoms with Gasteiger partial charge in [-0.1, -0.05) is 32.9 Å². The average Bonchev–Trinajstić information content (AvgIpc) is 2.72. The van der Waals surface area contributed by atoms with E-state index in [1.165, 1.54) is 0 Å². The maximum Gasteiger partial charge on any atom is 0.240 e. The second-order valence-electron chi connectivity index (χ2n) is 8.54. The van der Waals surface area contributed by atoms with Crippen LogP contribution in [0.25, 0.3) is 0 Å². The van der Waals surface area contributed by atoms with Crippen molar-refractivity contribution in [1.29, 1.82) is 5.26 Å². The van der Waals surface area contributed by atoms with Crippen LogP contribution in [0.5, 0.6) is 0 Å². The van der Waals surface area contributed by atoms with Gasteiger partial charge >= 0.3 is 0 Å². The second-order valence-corrected chi connectivity index (χ2v) is 10.3.